The van der Waals surface area contributed by atoms with Crippen LogP contribution in [0.2, 0.25) is 0 Å². The first kappa shape index (κ1) is 18.6. The number of para-hydroxylation sites is 1. The van der Waals surface area contributed by atoms with Crippen LogP contribution in [0.25, 0.3) is 11.0 Å². The molecule has 6 nitrogen and oxygen atoms in total. The number of thioether (sulfide) groups is 1. The van der Waals surface area contributed by atoms with E-state index in [0.717, 1.165) is 22.3 Å². The molecule has 3 rings (SSSR count). The Morgan fingerprint density at radius 2 is 2.04 bits per heavy atom. The second-order valence-corrected chi connectivity index (χ2v) is 7.14. The van der Waals surface area contributed by atoms with Crippen molar-refractivity contribution in [3.05, 3.63) is 35.6 Å². The molecule has 0 saturated carbocycles. The van der Waals surface area contributed by atoms with Crippen LogP contribution in [0.5, 0.6) is 0 Å². The summed E-state index contributed by atoms with van der Waals surface area (Å²) < 4.78 is 10.9. The fraction of sp³-hybridized carbons (Fsp3) is 0.474. The molecule has 7 heteroatoms. The second-order valence-electron chi connectivity index (χ2n) is 6.27. The van der Waals surface area contributed by atoms with Crippen LogP contribution in [-0.2, 0) is 10.5 Å². The third kappa shape index (κ3) is 3.98. The third-order valence-electron chi connectivity index (χ3n) is 4.55. The van der Waals surface area contributed by atoms with Gasteiger partial charge < -0.3 is 19.4 Å². The molecule has 1 aromatic heterocycles. The van der Waals surface area contributed by atoms with Gasteiger partial charge in [-0.2, -0.15) is 11.8 Å². The number of rotatable bonds is 5. The van der Waals surface area contributed by atoms with Gasteiger partial charge in [0.2, 0.25) is 0 Å². The van der Waals surface area contributed by atoms with E-state index in [-0.39, 0.29) is 18.0 Å². The standard InChI is InChI=1S/C19H24N2O4S/c1-3-24-19(23)21-10-8-13(9-11-21)20-18(22)17-15(12-26-2)14-6-4-5-7-16(14)25-17/h4-7,13H,3,8-12H2,1-2H3,(H,20,22). The summed E-state index contributed by atoms with van der Waals surface area (Å²) in [5, 5.41) is 4.06. The van der Waals surface area contributed by atoms with E-state index >= 15 is 0 Å². The number of nitrogens with zero attached hydrogens (tertiary/aromatic N) is 1. The van der Waals surface area contributed by atoms with E-state index in [2.05, 4.69) is 5.32 Å². The molecule has 1 aromatic carbocycles. The van der Waals surface area contributed by atoms with Crippen LogP contribution in [0.4, 0.5) is 4.79 Å². The van der Waals surface area contributed by atoms with E-state index in [9.17, 15) is 9.59 Å². The number of nitrogens with one attached hydrogen (secondary N) is 1. The topological polar surface area (TPSA) is 71.8 Å². The Hall–Kier alpha value is -2.15. The maximum Gasteiger partial charge on any atom is 0.409 e. The minimum absolute atomic E-state index is 0.0310. The normalized spacial score (nSPS) is 15.2. The van der Waals surface area contributed by atoms with Gasteiger partial charge >= 0.3 is 6.09 Å². The van der Waals surface area contributed by atoms with Gasteiger partial charge in [-0.15, -0.1) is 0 Å². The molecule has 1 aliphatic rings. The van der Waals surface area contributed by atoms with E-state index in [1.807, 2.05) is 30.5 Å². The summed E-state index contributed by atoms with van der Waals surface area (Å²) >= 11 is 1.66. The quantitative estimate of drug-likeness (QED) is 0.862. The van der Waals surface area contributed by atoms with E-state index < -0.39 is 0 Å². The number of hydrogen-bond acceptors (Lipinski definition) is 5. The molecule has 1 N–H and O–H groups in total. The van der Waals surface area contributed by atoms with Gasteiger partial charge in [0.15, 0.2) is 5.76 Å². The zero-order valence-corrected chi connectivity index (χ0v) is 15.9. The molecule has 0 bridgehead atoms. The zero-order valence-electron chi connectivity index (χ0n) is 15.1. The summed E-state index contributed by atoms with van der Waals surface area (Å²) in [6.45, 7) is 3.34. The number of carbonyl (C=O) groups is 2. The highest BCUT2D eigenvalue weighted by molar-refractivity contribution is 7.97. The van der Waals surface area contributed by atoms with Gasteiger partial charge in [0.1, 0.15) is 5.58 Å². The van der Waals surface area contributed by atoms with Crippen molar-refractivity contribution in [1.29, 1.82) is 0 Å². The smallest absolute Gasteiger partial charge is 0.409 e. The molecule has 26 heavy (non-hydrogen) atoms. The molecule has 2 heterocycles. The molecule has 140 valence electrons. The Morgan fingerprint density at radius 3 is 2.73 bits per heavy atom. The van der Waals surface area contributed by atoms with E-state index in [1.54, 1.807) is 23.6 Å². The van der Waals surface area contributed by atoms with Crippen LogP contribution in [0.1, 0.15) is 35.9 Å². The summed E-state index contributed by atoms with van der Waals surface area (Å²) in [6.07, 6.45) is 3.15. The lowest BCUT2D eigenvalue weighted by Crippen LogP contribution is -2.46. The van der Waals surface area contributed by atoms with E-state index in [4.69, 9.17) is 9.15 Å². The van der Waals surface area contributed by atoms with Crippen LogP contribution in [0.15, 0.2) is 28.7 Å². The molecule has 0 aliphatic carbocycles. The Labute approximate surface area is 157 Å². The molecule has 0 unspecified atom stereocenters. The fourth-order valence-corrected chi connectivity index (χ4v) is 3.82. The van der Waals surface area contributed by atoms with Crippen LogP contribution < -0.4 is 5.32 Å². The molecule has 0 atom stereocenters. The largest absolute Gasteiger partial charge is 0.451 e. The molecular formula is C19H24N2O4S. The summed E-state index contributed by atoms with van der Waals surface area (Å²) in [5.74, 6) is 0.939. The third-order valence-corrected chi connectivity index (χ3v) is 5.13. The highest BCUT2D eigenvalue weighted by atomic mass is 32.2. The highest BCUT2D eigenvalue weighted by Gasteiger charge is 2.27. The average Bonchev–Trinajstić information content (AvgIpc) is 3.02. The zero-order chi connectivity index (χ0) is 18.5. The monoisotopic (exact) mass is 376 g/mol. The molecule has 0 radical (unpaired) electrons. The van der Waals surface area contributed by atoms with Crippen LogP contribution in [0.3, 0.4) is 0 Å². The van der Waals surface area contributed by atoms with Gasteiger partial charge in [-0.3, -0.25) is 4.79 Å². The van der Waals surface area contributed by atoms with Gasteiger partial charge in [0.05, 0.1) is 6.61 Å². The van der Waals surface area contributed by atoms with Crippen molar-refractivity contribution in [2.75, 3.05) is 26.0 Å². The van der Waals surface area contributed by atoms with Gasteiger partial charge in [-0.25, -0.2) is 4.79 Å². The highest BCUT2D eigenvalue weighted by Crippen LogP contribution is 2.29. The second kappa shape index (κ2) is 8.49. The molecule has 1 saturated heterocycles. The Morgan fingerprint density at radius 1 is 1.31 bits per heavy atom. The maximum atomic E-state index is 12.8. The number of hydrogen-bond donors (Lipinski definition) is 1. The SMILES string of the molecule is CCOC(=O)N1CCC(NC(=O)c2oc3ccccc3c2CSC)CC1. The number of benzene rings is 1. The van der Waals surface area contributed by atoms with Crippen LogP contribution >= 0.6 is 11.8 Å². The van der Waals surface area contributed by atoms with Crippen molar-refractivity contribution in [1.82, 2.24) is 10.2 Å². The van der Waals surface area contributed by atoms with E-state index in [1.165, 1.54) is 0 Å². The van der Waals surface area contributed by atoms with Crippen LogP contribution in [0, 0.1) is 0 Å². The van der Waals surface area contributed by atoms with Crippen molar-refractivity contribution >= 4 is 34.7 Å². The Balaban J connectivity index is 1.67. The van der Waals surface area contributed by atoms with Crippen LogP contribution in [-0.4, -0.2) is 48.9 Å². The predicted octanol–water partition coefficient (Wildman–Crippen LogP) is 3.65. The van der Waals surface area contributed by atoms with Gasteiger partial charge in [0.25, 0.3) is 5.91 Å². The molecule has 1 fully saturated rings. The maximum absolute atomic E-state index is 12.8. The Bertz CT molecular complexity index is 781. The summed E-state index contributed by atoms with van der Waals surface area (Å²) in [5.41, 5.74) is 1.67. The van der Waals surface area contributed by atoms with Crippen molar-refractivity contribution in [2.45, 2.75) is 31.6 Å². The number of carbonyl (C=O) groups excluding carboxylic acids is 2. The first-order chi connectivity index (χ1) is 12.6. The first-order valence-corrected chi connectivity index (χ1v) is 10.2. The number of ether oxygens (including phenoxy) is 1. The lowest BCUT2D eigenvalue weighted by molar-refractivity contribution is 0.0841. The minimum Gasteiger partial charge on any atom is -0.451 e. The lowest BCUT2D eigenvalue weighted by atomic mass is 10.0. The Kier molecular flexibility index (Phi) is 6.08. The van der Waals surface area contributed by atoms with Crippen molar-refractivity contribution in [3.8, 4) is 0 Å². The first-order valence-electron chi connectivity index (χ1n) is 8.86. The van der Waals surface area contributed by atoms with E-state index in [0.29, 0.717) is 38.3 Å². The van der Waals surface area contributed by atoms with Gasteiger partial charge in [0, 0.05) is 35.8 Å². The number of piperidine rings is 1. The summed E-state index contributed by atoms with van der Waals surface area (Å²) in [4.78, 5) is 26.2. The number of amides is 2. The summed E-state index contributed by atoms with van der Waals surface area (Å²) in [7, 11) is 0. The van der Waals surface area contributed by atoms with Crippen molar-refractivity contribution < 1.29 is 18.7 Å². The van der Waals surface area contributed by atoms with Gasteiger partial charge in [-0.05, 0) is 32.1 Å². The fourth-order valence-electron chi connectivity index (χ4n) is 3.24. The molecule has 2 aromatic rings. The molecular weight excluding hydrogens is 352 g/mol. The minimum atomic E-state index is -0.281. The average molecular weight is 376 g/mol. The number of furan rings is 1. The number of fused-ring (bicyclic) bond motifs is 1. The predicted molar refractivity (Wildman–Crippen MR) is 103 cm³/mol. The van der Waals surface area contributed by atoms with Crippen molar-refractivity contribution in [2.24, 2.45) is 0 Å². The number of likely N-dealkylation sites (tertiary alicyclic amines) is 1. The molecule has 1 aliphatic heterocycles. The van der Waals surface area contributed by atoms with Gasteiger partial charge in [-0.1, -0.05) is 18.2 Å². The molecule has 0 spiro atoms. The molecule has 2 amide bonds. The lowest BCUT2D eigenvalue weighted by Gasteiger charge is -2.31. The van der Waals surface area contributed by atoms with Crippen molar-refractivity contribution in [3.63, 3.8) is 0 Å². The summed E-state index contributed by atoms with van der Waals surface area (Å²) in [6, 6.07) is 7.76.